The van der Waals surface area contributed by atoms with Crippen LogP contribution in [0.3, 0.4) is 0 Å². The molecule has 0 aliphatic carbocycles. The number of hydrogen-bond acceptors (Lipinski definition) is 5. The number of anilines is 2. The van der Waals surface area contributed by atoms with Crippen molar-refractivity contribution < 1.29 is 13.9 Å². The summed E-state index contributed by atoms with van der Waals surface area (Å²) in [6, 6.07) is 21.8. The van der Waals surface area contributed by atoms with Crippen LogP contribution in [0.1, 0.15) is 17.5 Å². The fraction of sp³-hybridized carbons (Fsp3) is 0.130. The van der Waals surface area contributed by atoms with Crippen molar-refractivity contribution in [2.45, 2.75) is 13.0 Å². The third-order valence-corrected chi connectivity index (χ3v) is 4.56. The number of carbonyl (C=O) groups is 1. The van der Waals surface area contributed by atoms with Gasteiger partial charge in [-0.2, -0.15) is 0 Å². The maximum Gasteiger partial charge on any atom is 0.251 e. The number of amides is 1. The highest BCUT2D eigenvalue weighted by Gasteiger charge is 2.21. The third kappa shape index (κ3) is 4.21. The van der Waals surface area contributed by atoms with Gasteiger partial charge in [0.15, 0.2) is 11.5 Å². The summed E-state index contributed by atoms with van der Waals surface area (Å²) in [5, 5.41) is 6.28. The topological polar surface area (TPSA) is 76.4 Å². The molecule has 0 aliphatic rings. The van der Waals surface area contributed by atoms with Crippen LogP contribution in [-0.2, 0) is 4.79 Å². The quantitative estimate of drug-likeness (QED) is 0.490. The lowest BCUT2D eigenvalue weighted by atomic mass is 10.1. The Bertz CT molecular complexity index is 1120. The highest BCUT2D eigenvalue weighted by atomic mass is 16.5. The van der Waals surface area contributed by atoms with E-state index < -0.39 is 6.04 Å². The molecule has 3 aromatic carbocycles. The first kappa shape index (κ1) is 18.6. The molecule has 29 heavy (non-hydrogen) atoms. The molecule has 1 heterocycles. The number of ether oxygens (including phenoxy) is 1. The number of fused-ring (bicyclic) bond motifs is 1. The Morgan fingerprint density at radius 1 is 1.00 bits per heavy atom. The summed E-state index contributed by atoms with van der Waals surface area (Å²) in [7, 11) is 1.61. The second-order valence-corrected chi connectivity index (χ2v) is 6.62. The van der Waals surface area contributed by atoms with E-state index in [4.69, 9.17) is 9.15 Å². The van der Waals surface area contributed by atoms with Gasteiger partial charge in [-0.15, -0.1) is 0 Å². The number of rotatable bonds is 6. The van der Waals surface area contributed by atoms with Gasteiger partial charge < -0.3 is 19.8 Å². The van der Waals surface area contributed by atoms with E-state index in [2.05, 4.69) is 15.6 Å². The summed E-state index contributed by atoms with van der Waals surface area (Å²) in [5.41, 5.74) is 3.79. The lowest BCUT2D eigenvalue weighted by molar-refractivity contribution is -0.117. The molecule has 6 nitrogen and oxygen atoms in total. The van der Waals surface area contributed by atoms with Crippen LogP contribution >= 0.6 is 0 Å². The predicted molar refractivity (Wildman–Crippen MR) is 113 cm³/mol. The van der Waals surface area contributed by atoms with Crippen LogP contribution in [0.15, 0.2) is 77.2 Å². The number of aryl methyl sites for hydroxylation is 1. The first-order chi connectivity index (χ1) is 14.1. The van der Waals surface area contributed by atoms with Crippen molar-refractivity contribution in [2.24, 2.45) is 0 Å². The smallest absolute Gasteiger partial charge is 0.251 e. The molecular weight excluding hydrogens is 366 g/mol. The van der Waals surface area contributed by atoms with E-state index in [0.717, 1.165) is 22.5 Å². The van der Waals surface area contributed by atoms with Crippen molar-refractivity contribution >= 4 is 28.4 Å². The summed E-state index contributed by atoms with van der Waals surface area (Å²) < 4.78 is 10.7. The molecule has 2 N–H and O–H groups in total. The second-order valence-electron chi connectivity index (χ2n) is 6.62. The van der Waals surface area contributed by atoms with Gasteiger partial charge in [-0.3, -0.25) is 4.79 Å². The molecule has 4 rings (SSSR count). The molecule has 4 aromatic rings. The first-order valence-electron chi connectivity index (χ1n) is 9.26. The van der Waals surface area contributed by atoms with Crippen LogP contribution < -0.4 is 15.4 Å². The molecule has 0 radical (unpaired) electrons. The number of hydrogen-bond donors (Lipinski definition) is 2. The third-order valence-electron chi connectivity index (χ3n) is 4.56. The van der Waals surface area contributed by atoms with Gasteiger partial charge in [0.1, 0.15) is 17.3 Å². The summed E-state index contributed by atoms with van der Waals surface area (Å²) >= 11 is 0. The van der Waals surface area contributed by atoms with Gasteiger partial charge in [0.25, 0.3) is 5.91 Å². The average Bonchev–Trinajstić information content (AvgIpc) is 3.12. The number of nitrogens with one attached hydrogen (secondary N) is 2. The molecular formula is C23H21N3O3. The molecule has 0 spiro atoms. The van der Waals surface area contributed by atoms with Crippen molar-refractivity contribution in [3.8, 4) is 5.75 Å². The maximum atomic E-state index is 13.1. The number of benzene rings is 3. The zero-order valence-electron chi connectivity index (χ0n) is 16.2. The Hall–Kier alpha value is -3.80. The molecule has 0 fully saturated rings. The van der Waals surface area contributed by atoms with Gasteiger partial charge in [0, 0.05) is 18.3 Å². The van der Waals surface area contributed by atoms with Crippen LogP contribution in [-0.4, -0.2) is 18.0 Å². The molecule has 1 unspecified atom stereocenters. The van der Waals surface area contributed by atoms with Gasteiger partial charge in [0.05, 0.1) is 7.11 Å². The van der Waals surface area contributed by atoms with E-state index in [1.54, 1.807) is 19.2 Å². The van der Waals surface area contributed by atoms with Crippen LogP contribution in [0.5, 0.6) is 5.75 Å². The average molecular weight is 387 g/mol. The minimum absolute atomic E-state index is 0.169. The monoisotopic (exact) mass is 387 g/mol. The largest absolute Gasteiger partial charge is 0.497 e. The maximum absolute atomic E-state index is 13.1. The van der Waals surface area contributed by atoms with Crippen LogP contribution in [0.2, 0.25) is 0 Å². The van der Waals surface area contributed by atoms with Gasteiger partial charge in [-0.05, 0) is 48.0 Å². The molecule has 1 atom stereocenters. The standard InChI is InChI=1S/C23H21N3O3/c1-15-24-20-14-18(10-13-21(20)29-15)25-22(16-6-4-3-5-7-16)23(27)26-17-8-11-19(28-2)12-9-17/h3-14,22,25H,1-2H3,(H,26,27). The molecule has 0 saturated carbocycles. The molecule has 1 aromatic heterocycles. The normalized spacial score (nSPS) is 11.8. The minimum Gasteiger partial charge on any atom is -0.497 e. The second kappa shape index (κ2) is 8.06. The summed E-state index contributed by atoms with van der Waals surface area (Å²) in [5.74, 6) is 1.17. The molecule has 1 amide bonds. The lowest BCUT2D eigenvalue weighted by Crippen LogP contribution is -2.27. The number of carbonyl (C=O) groups excluding carboxylic acids is 1. The highest BCUT2D eigenvalue weighted by molar-refractivity contribution is 5.97. The summed E-state index contributed by atoms with van der Waals surface area (Å²) in [6.45, 7) is 1.81. The van der Waals surface area contributed by atoms with Gasteiger partial charge in [-0.25, -0.2) is 4.98 Å². The van der Waals surface area contributed by atoms with Crippen LogP contribution in [0, 0.1) is 6.92 Å². The Labute approximate surface area is 168 Å². The SMILES string of the molecule is COc1ccc(NC(=O)C(Nc2ccc3oc(C)nc3c2)c2ccccc2)cc1. The number of oxazole rings is 1. The van der Waals surface area contributed by atoms with Crippen molar-refractivity contribution in [2.75, 3.05) is 17.7 Å². The van der Waals surface area contributed by atoms with E-state index in [1.807, 2.05) is 67.6 Å². The fourth-order valence-corrected chi connectivity index (χ4v) is 3.13. The van der Waals surface area contributed by atoms with Gasteiger partial charge >= 0.3 is 0 Å². The molecule has 6 heteroatoms. The summed E-state index contributed by atoms with van der Waals surface area (Å²) in [4.78, 5) is 17.5. The van der Waals surface area contributed by atoms with Crippen LogP contribution in [0.4, 0.5) is 11.4 Å². The van der Waals surface area contributed by atoms with Crippen molar-refractivity contribution in [3.63, 3.8) is 0 Å². The Kier molecular flexibility index (Phi) is 5.16. The van der Waals surface area contributed by atoms with Crippen molar-refractivity contribution in [1.29, 1.82) is 0 Å². The first-order valence-corrected chi connectivity index (χ1v) is 9.26. The van der Waals surface area contributed by atoms with E-state index in [9.17, 15) is 4.79 Å². The van der Waals surface area contributed by atoms with Gasteiger partial charge in [-0.1, -0.05) is 30.3 Å². The van der Waals surface area contributed by atoms with Crippen molar-refractivity contribution in [1.82, 2.24) is 4.98 Å². The number of methoxy groups -OCH3 is 1. The lowest BCUT2D eigenvalue weighted by Gasteiger charge is -2.20. The van der Waals surface area contributed by atoms with Crippen LogP contribution in [0.25, 0.3) is 11.1 Å². The van der Waals surface area contributed by atoms with E-state index in [0.29, 0.717) is 17.2 Å². The van der Waals surface area contributed by atoms with Gasteiger partial charge in [0.2, 0.25) is 0 Å². The zero-order valence-corrected chi connectivity index (χ0v) is 16.2. The Balaban J connectivity index is 1.60. The summed E-state index contributed by atoms with van der Waals surface area (Å²) in [6.07, 6.45) is 0. The highest BCUT2D eigenvalue weighted by Crippen LogP contribution is 2.25. The molecule has 0 bridgehead atoms. The minimum atomic E-state index is -0.580. The zero-order chi connectivity index (χ0) is 20.2. The molecule has 0 saturated heterocycles. The molecule has 146 valence electrons. The Morgan fingerprint density at radius 3 is 2.45 bits per heavy atom. The van der Waals surface area contributed by atoms with Crippen molar-refractivity contribution in [3.05, 3.63) is 84.3 Å². The predicted octanol–water partition coefficient (Wildman–Crippen LogP) is 4.94. The fourth-order valence-electron chi connectivity index (χ4n) is 3.13. The van der Waals surface area contributed by atoms with E-state index in [-0.39, 0.29) is 5.91 Å². The molecule has 0 aliphatic heterocycles. The van der Waals surface area contributed by atoms with E-state index >= 15 is 0 Å². The Morgan fingerprint density at radius 2 is 1.72 bits per heavy atom. The number of aromatic nitrogens is 1. The number of nitrogens with zero attached hydrogens (tertiary/aromatic N) is 1. The van der Waals surface area contributed by atoms with E-state index in [1.165, 1.54) is 0 Å².